The smallest absolute Gasteiger partial charge is 0.224 e. The Kier molecular flexibility index (Phi) is 3.94. The van der Waals surface area contributed by atoms with Crippen LogP contribution in [-0.2, 0) is 11.2 Å². The number of hydrazone groups is 1. The molecule has 0 saturated carbocycles. The minimum absolute atomic E-state index is 0.0715. The summed E-state index contributed by atoms with van der Waals surface area (Å²) < 4.78 is 0. The first-order valence-corrected chi connectivity index (χ1v) is 6.06. The van der Waals surface area contributed by atoms with E-state index in [4.69, 9.17) is 11.6 Å². The number of benzene rings is 1. The maximum atomic E-state index is 11.5. The fraction of sp³-hybridized carbons (Fsp3) is 0.385. The van der Waals surface area contributed by atoms with Gasteiger partial charge in [0.05, 0.1) is 12.1 Å². The summed E-state index contributed by atoms with van der Waals surface area (Å²) in [6.07, 6.45) is 3.10. The van der Waals surface area contributed by atoms with Crippen molar-refractivity contribution in [2.75, 3.05) is 6.54 Å². The minimum atomic E-state index is -0.141. The van der Waals surface area contributed by atoms with Crippen molar-refractivity contribution < 1.29 is 4.79 Å². The van der Waals surface area contributed by atoms with Crippen LogP contribution in [0.15, 0.2) is 29.4 Å². The van der Waals surface area contributed by atoms with Crippen molar-refractivity contribution in [3.05, 3.63) is 35.4 Å². The van der Waals surface area contributed by atoms with Crippen molar-refractivity contribution in [1.82, 2.24) is 5.32 Å². The Balaban J connectivity index is 2.04. The van der Waals surface area contributed by atoms with Crippen LogP contribution in [0.25, 0.3) is 0 Å². The van der Waals surface area contributed by atoms with Crippen molar-refractivity contribution in [1.29, 1.82) is 0 Å². The predicted molar refractivity (Wildman–Crippen MR) is 71.0 cm³/mol. The predicted octanol–water partition coefficient (Wildman–Crippen LogP) is -0.0149. The van der Waals surface area contributed by atoms with Crippen LogP contribution in [0.1, 0.15) is 17.5 Å². The molecule has 1 aliphatic heterocycles. The summed E-state index contributed by atoms with van der Waals surface area (Å²) in [4.78, 5) is 11.5. The van der Waals surface area contributed by atoms with E-state index in [1.807, 2.05) is 24.3 Å². The zero-order valence-electron chi connectivity index (χ0n) is 10.2. The molecule has 0 aliphatic carbocycles. The molecule has 1 amide bonds. The van der Waals surface area contributed by atoms with E-state index in [0.717, 1.165) is 24.1 Å². The Morgan fingerprint density at radius 3 is 3.06 bits per heavy atom. The molecule has 5 heteroatoms. The van der Waals surface area contributed by atoms with Crippen LogP contribution in [0.3, 0.4) is 0 Å². The maximum Gasteiger partial charge on any atom is 0.224 e. The molecular weight excluding hydrogens is 228 g/mol. The standard InChI is InChI=1S/C13H18N4O/c14-12(11-4-5-16-13(11)18)7-9-2-1-3-10(6-9)8-17-15/h1-3,6,8,11-12H,4-5,7,14-15H2,(H,16,18)/t11-,12?/m0/s1. The average molecular weight is 246 g/mol. The van der Waals surface area contributed by atoms with E-state index in [1.54, 1.807) is 6.21 Å². The molecule has 96 valence electrons. The molecule has 1 heterocycles. The van der Waals surface area contributed by atoms with Gasteiger partial charge in [0, 0.05) is 12.6 Å². The van der Waals surface area contributed by atoms with Gasteiger partial charge in [-0.1, -0.05) is 24.3 Å². The van der Waals surface area contributed by atoms with E-state index in [1.165, 1.54) is 0 Å². The lowest BCUT2D eigenvalue weighted by atomic mass is 9.92. The molecule has 0 bridgehead atoms. The van der Waals surface area contributed by atoms with Gasteiger partial charge in [-0.2, -0.15) is 5.10 Å². The van der Waals surface area contributed by atoms with Gasteiger partial charge < -0.3 is 16.9 Å². The van der Waals surface area contributed by atoms with E-state index < -0.39 is 0 Å². The van der Waals surface area contributed by atoms with Gasteiger partial charge in [0.15, 0.2) is 0 Å². The molecule has 1 saturated heterocycles. The first-order chi connectivity index (χ1) is 8.70. The van der Waals surface area contributed by atoms with Crippen LogP contribution in [0.2, 0.25) is 0 Å². The average Bonchev–Trinajstić information content (AvgIpc) is 2.76. The topological polar surface area (TPSA) is 93.5 Å². The molecule has 0 spiro atoms. The second-order valence-electron chi connectivity index (χ2n) is 4.58. The molecule has 5 N–H and O–H groups in total. The highest BCUT2D eigenvalue weighted by molar-refractivity contribution is 5.81. The van der Waals surface area contributed by atoms with Gasteiger partial charge in [-0.3, -0.25) is 4.79 Å². The van der Waals surface area contributed by atoms with E-state index in [-0.39, 0.29) is 17.9 Å². The van der Waals surface area contributed by atoms with E-state index in [9.17, 15) is 4.79 Å². The highest BCUT2D eigenvalue weighted by Crippen LogP contribution is 2.17. The van der Waals surface area contributed by atoms with Crippen LogP contribution >= 0.6 is 0 Å². The fourth-order valence-electron chi connectivity index (χ4n) is 2.32. The number of hydrogen-bond donors (Lipinski definition) is 3. The number of carbonyl (C=O) groups is 1. The fourth-order valence-corrected chi connectivity index (χ4v) is 2.32. The SMILES string of the molecule is NN=Cc1cccc(CC(N)[C@@H]2CCNC2=O)c1. The van der Waals surface area contributed by atoms with Gasteiger partial charge in [0.2, 0.25) is 5.91 Å². The number of rotatable bonds is 4. The molecule has 1 aromatic rings. The number of carbonyl (C=O) groups excluding carboxylic acids is 1. The monoisotopic (exact) mass is 246 g/mol. The molecular formula is C13H18N4O. The van der Waals surface area contributed by atoms with Crippen LogP contribution < -0.4 is 16.9 Å². The second kappa shape index (κ2) is 5.64. The second-order valence-corrected chi connectivity index (χ2v) is 4.58. The summed E-state index contributed by atoms with van der Waals surface area (Å²) in [7, 11) is 0. The minimum Gasteiger partial charge on any atom is -0.356 e. The van der Waals surface area contributed by atoms with Crippen LogP contribution in [0, 0.1) is 5.92 Å². The Bertz CT molecular complexity index is 458. The maximum absolute atomic E-state index is 11.5. The molecule has 2 atom stereocenters. The lowest BCUT2D eigenvalue weighted by molar-refractivity contribution is -0.122. The van der Waals surface area contributed by atoms with Crippen LogP contribution in [0.4, 0.5) is 0 Å². The van der Waals surface area contributed by atoms with Crippen LogP contribution in [0.5, 0.6) is 0 Å². The van der Waals surface area contributed by atoms with Crippen molar-refractivity contribution in [2.45, 2.75) is 18.9 Å². The summed E-state index contributed by atoms with van der Waals surface area (Å²) in [6, 6.07) is 7.71. The van der Waals surface area contributed by atoms with Gasteiger partial charge in [0.25, 0.3) is 0 Å². The van der Waals surface area contributed by atoms with Gasteiger partial charge in [-0.05, 0) is 24.0 Å². The quantitative estimate of drug-likeness (QED) is 0.396. The first kappa shape index (κ1) is 12.6. The molecule has 1 aromatic carbocycles. The van der Waals surface area contributed by atoms with Crippen molar-refractivity contribution in [2.24, 2.45) is 22.6 Å². The van der Waals surface area contributed by atoms with E-state index >= 15 is 0 Å². The van der Waals surface area contributed by atoms with Crippen molar-refractivity contribution >= 4 is 12.1 Å². The number of nitrogens with zero attached hydrogens (tertiary/aromatic N) is 1. The third kappa shape index (κ3) is 2.87. The van der Waals surface area contributed by atoms with Gasteiger partial charge >= 0.3 is 0 Å². The first-order valence-electron chi connectivity index (χ1n) is 6.06. The molecule has 0 radical (unpaired) electrons. The summed E-state index contributed by atoms with van der Waals surface area (Å²) in [5, 5.41) is 6.31. The van der Waals surface area contributed by atoms with Gasteiger partial charge in [0.1, 0.15) is 0 Å². The third-order valence-corrected chi connectivity index (χ3v) is 3.25. The lowest BCUT2D eigenvalue weighted by Gasteiger charge is -2.16. The molecule has 18 heavy (non-hydrogen) atoms. The summed E-state index contributed by atoms with van der Waals surface area (Å²) in [5.41, 5.74) is 8.15. The Morgan fingerprint density at radius 1 is 1.56 bits per heavy atom. The van der Waals surface area contributed by atoms with Crippen molar-refractivity contribution in [3.63, 3.8) is 0 Å². The Hall–Kier alpha value is -1.88. The van der Waals surface area contributed by atoms with E-state index in [2.05, 4.69) is 10.4 Å². The van der Waals surface area contributed by atoms with Crippen LogP contribution in [-0.4, -0.2) is 24.7 Å². The number of amides is 1. The van der Waals surface area contributed by atoms with Gasteiger partial charge in [-0.25, -0.2) is 0 Å². The Labute approximate surface area is 106 Å². The molecule has 0 aromatic heterocycles. The Morgan fingerprint density at radius 2 is 2.39 bits per heavy atom. The number of nitrogens with one attached hydrogen (secondary N) is 1. The van der Waals surface area contributed by atoms with E-state index in [0.29, 0.717) is 6.42 Å². The lowest BCUT2D eigenvalue weighted by Crippen LogP contribution is -2.37. The largest absolute Gasteiger partial charge is 0.356 e. The third-order valence-electron chi connectivity index (χ3n) is 3.25. The molecule has 5 nitrogen and oxygen atoms in total. The summed E-state index contributed by atoms with van der Waals surface area (Å²) >= 11 is 0. The number of nitrogens with two attached hydrogens (primary N) is 2. The molecule has 2 rings (SSSR count). The number of hydrogen-bond acceptors (Lipinski definition) is 4. The normalized spacial score (nSPS) is 21.2. The zero-order chi connectivity index (χ0) is 13.0. The molecule has 1 aliphatic rings. The molecule has 1 unspecified atom stereocenters. The van der Waals surface area contributed by atoms with Gasteiger partial charge in [-0.15, -0.1) is 0 Å². The summed E-state index contributed by atoms with van der Waals surface area (Å²) in [6.45, 7) is 0.733. The van der Waals surface area contributed by atoms with Crippen molar-refractivity contribution in [3.8, 4) is 0 Å². The highest BCUT2D eigenvalue weighted by Gasteiger charge is 2.29. The zero-order valence-corrected chi connectivity index (χ0v) is 10.2. The molecule has 1 fully saturated rings. The highest BCUT2D eigenvalue weighted by atomic mass is 16.2. The summed E-state index contributed by atoms with van der Waals surface area (Å²) in [5.74, 6) is 5.12.